The quantitative estimate of drug-likeness (QED) is 0.0403. The molecule has 0 aromatic carbocycles. The molecule has 0 saturated carbocycles. The summed E-state index contributed by atoms with van der Waals surface area (Å²) in [5.74, 6) is 3.67. The number of pyridine rings is 1. The Kier molecular flexibility index (Phi) is 28.1. The summed E-state index contributed by atoms with van der Waals surface area (Å²) in [5, 5.41) is 18.1. The van der Waals surface area contributed by atoms with Gasteiger partial charge in [-0.1, -0.05) is 59.7 Å². The third kappa shape index (κ3) is 23.1. The minimum Gasteiger partial charge on any atom is -0.462 e. The lowest BCUT2D eigenvalue weighted by Crippen LogP contribution is -2.32. The van der Waals surface area contributed by atoms with Crippen LogP contribution in [0.3, 0.4) is 0 Å². The Bertz CT molecular complexity index is 1410. The molecule has 0 saturated heterocycles. The van der Waals surface area contributed by atoms with Crippen LogP contribution in [0, 0.1) is 29.6 Å². The van der Waals surface area contributed by atoms with E-state index < -0.39 is 17.5 Å². The molecule has 0 spiro atoms. The van der Waals surface area contributed by atoms with Crippen molar-refractivity contribution >= 4 is 29.1 Å². The number of carbonyl (C=O) groups is 3. The van der Waals surface area contributed by atoms with Gasteiger partial charge in [-0.05, 0) is 59.6 Å². The molecule has 0 fully saturated rings. The highest BCUT2D eigenvalue weighted by Gasteiger charge is 2.25. The highest BCUT2D eigenvalue weighted by Crippen LogP contribution is 2.16. The van der Waals surface area contributed by atoms with Crippen LogP contribution >= 0.6 is 0 Å². The minimum absolute atomic E-state index is 0.0149. The maximum absolute atomic E-state index is 12.5. The van der Waals surface area contributed by atoms with Crippen LogP contribution in [-0.4, -0.2) is 87.1 Å². The number of rotatable bonds is 19. The van der Waals surface area contributed by atoms with E-state index in [4.69, 9.17) is 19.0 Å². The summed E-state index contributed by atoms with van der Waals surface area (Å²) in [6.07, 6.45) is 4.82. The fourth-order valence-electron chi connectivity index (χ4n) is 3.97. The van der Waals surface area contributed by atoms with Gasteiger partial charge >= 0.3 is 5.97 Å². The number of esters is 1. The summed E-state index contributed by atoms with van der Waals surface area (Å²) >= 11 is 0. The van der Waals surface area contributed by atoms with Crippen LogP contribution in [-0.2, 0) is 40.0 Å². The van der Waals surface area contributed by atoms with Crippen LogP contribution in [0.15, 0.2) is 46.9 Å². The van der Waals surface area contributed by atoms with Gasteiger partial charge in [0.1, 0.15) is 30.6 Å². The van der Waals surface area contributed by atoms with Gasteiger partial charge in [-0.2, -0.15) is 5.10 Å². The van der Waals surface area contributed by atoms with E-state index in [9.17, 15) is 19.5 Å². The van der Waals surface area contributed by atoms with Gasteiger partial charge in [0.25, 0.3) is 0 Å². The van der Waals surface area contributed by atoms with Gasteiger partial charge in [0.15, 0.2) is 5.82 Å². The van der Waals surface area contributed by atoms with Gasteiger partial charge in [-0.3, -0.25) is 14.4 Å². The van der Waals surface area contributed by atoms with Crippen molar-refractivity contribution in [3.63, 3.8) is 0 Å². The zero-order chi connectivity index (χ0) is 41.0. The van der Waals surface area contributed by atoms with Crippen molar-refractivity contribution in [1.82, 2.24) is 14.8 Å². The van der Waals surface area contributed by atoms with E-state index in [1.807, 2.05) is 87.4 Å². The summed E-state index contributed by atoms with van der Waals surface area (Å²) in [4.78, 5) is 50.5. The second kappa shape index (κ2) is 29.2. The lowest BCUT2D eigenvalue weighted by Gasteiger charge is -2.24. The molecule has 2 aromatic heterocycles. The van der Waals surface area contributed by atoms with Gasteiger partial charge in [0.2, 0.25) is 5.91 Å². The zero-order valence-electron chi connectivity index (χ0n) is 34.6. The number of carbonyl (C=O) groups excluding carboxylic acids is 3. The Balaban J connectivity index is 0. The predicted molar refractivity (Wildman–Crippen MR) is 210 cm³/mol. The van der Waals surface area contributed by atoms with E-state index >= 15 is 0 Å². The molecule has 53 heavy (non-hydrogen) atoms. The number of Topliss-reactive ketones (excluding diaryl/α,β-unsaturated/α-hetero) is 1. The fraction of sp³-hybridized carbons (Fsp3) is 0.625. The highest BCUT2D eigenvalue weighted by molar-refractivity contribution is 5.98. The Morgan fingerprint density at radius 1 is 1.00 bits per heavy atom. The SMILES string of the molecule is CC.CC.CC#CC.CC(=O)N=C(C(C)C)C(C)C(C)OC/C(COCCC(=O)C(C)C(=O)OCC(C)(C)O)=N\OCc1ccc(-n2cccn2)nc1. The summed E-state index contributed by atoms with van der Waals surface area (Å²) < 4.78 is 18.5. The second-order valence-electron chi connectivity index (χ2n) is 12.3. The molecule has 298 valence electrons. The standard InChI is InChI=1S/C32H47N5O8.C4H6.2C2H6/c1-21(2)30(35-25(6)38)22(3)24(5)43-19-27(18-42-15-12-28(39)23(4)31(40)44-20-32(7,8)41)36-45-17-26-10-11-29(33-16-26)37-14-9-13-34-37;1-3-4-2;2*1-2/h9-11,13-14,16,21-24,41H,12,15,17-20H2,1-8H3;1-2H3;2*1-2H3/b35-30?,36-27-;;;. The first kappa shape index (κ1) is 50.9. The molecule has 0 aliphatic heterocycles. The zero-order valence-corrected chi connectivity index (χ0v) is 34.6. The van der Waals surface area contributed by atoms with E-state index in [1.54, 1.807) is 23.3 Å². The maximum Gasteiger partial charge on any atom is 0.316 e. The third-order valence-electron chi connectivity index (χ3n) is 6.95. The number of amides is 1. The number of nitrogens with zero attached hydrogens (tertiary/aromatic N) is 5. The first-order chi connectivity index (χ1) is 25.1. The Labute approximate surface area is 317 Å². The predicted octanol–water partition coefficient (Wildman–Crippen LogP) is 6.83. The third-order valence-corrected chi connectivity index (χ3v) is 6.95. The van der Waals surface area contributed by atoms with Gasteiger partial charge in [0, 0.05) is 49.1 Å². The highest BCUT2D eigenvalue weighted by atomic mass is 16.6. The summed E-state index contributed by atoms with van der Waals surface area (Å²) in [6, 6.07) is 5.49. The second-order valence-corrected chi connectivity index (χ2v) is 12.3. The molecule has 2 aromatic rings. The van der Waals surface area contributed by atoms with Crippen LogP contribution in [0.4, 0.5) is 0 Å². The van der Waals surface area contributed by atoms with E-state index in [2.05, 4.69) is 32.1 Å². The molecule has 0 radical (unpaired) electrons. The lowest BCUT2D eigenvalue weighted by molar-refractivity contribution is -0.156. The average molecular weight is 744 g/mol. The number of ether oxygens (including phenoxy) is 3. The number of aliphatic imine (C=N–C) groups is 1. The van der Waals surface area contributed by atoms with Crippen molar-refractivity contribution in [2.24, 2.45) is 27.9 Å². The number of hydrogen-bond donors (Lipinski definition) is 1. The monoisotopic (exact) mass is 743 g/mol. The molecule has 0 aliphatic rings. The molecule has 2 heterocycles. The van der Waals surface area contributed by atoms with E-state index in [-0.39, 0.29) is 69.1 Å². The number of ketones is 1. The molecule has 13 nitrogen and oxygen atoms in total. The maximum atomic E-state index is 12.5. The topological polar surface area (TPSA) is 164 Å². The van der Waals surface area contributed by atoms with Crippen molar-refractivity contribution in [2.75, 3.05) is 26.4 Å². The average Bonchev–Trinajstić information content (AvgIpc) is 3.69. The van der Waals surface area contributed by atoms with E-state index in [0.717, 1.165) is 11.3 Å². The Hall–Kier alpha value is -4.25. The molecule has 1 N–H and O–H groups in total. The number of oxime groups is 1. The largest absolute Gasteiger partial charge is 0.462 e. The molecule has 1 amide bonds. The molecule has 2 rings (SSSR count). The van der Waals surface area contributed by atoms with Gasteiger partial charge in [-0.15, -0.1) is 11.8 Å². The van der Waals surface area contributed by atoms with Crippen LogP contribution in [0.25, 0.3) is 5.82 Å². The van der Waals surface area contributed by atoms with Gasteiger partial charge in [0.05, 0.1) is 31.5 Å². The molecule has 3 atom stereocenters. The van der Waals surface area contributed by atoms with Crippen LogP contribution in [0.5, 0.6) is 0 Å². The van der Waals surface area contributed by atoms with Crippen LogP contribution in [0.1, 0.15) is 109 Å². The number of aliphatic hydroxyl groups is 1. The van der Waals surface area contributed by atoms with Crippen LogP contribution in [0.2, 0.25) is 0 Å². The lowest BCUT2D eigenvalue weighted by atomic mass is 9.91. The fourth-order valence-corrected chi connectivity index (χ4v) is 3.97. The first-order valence-electron chi connectivity index (χ1n) is 18.3. The number of aromatic nitrogens is 3. The van der Waals surface area contributed by atoms with E-state index in [1.165, 1.54) is 27.7 Å². The van der Waals surface area contributed by atoms with Crippen molar-refractivity contribution in [3.05, 3.63) is 42.4 Å². The smallest absolute Gasteiger partial charge is 0.316 e. The van der Waals surface area contributed by atoms with Crippen molar-refractivity contribution in [1.29, 1.82) is 0 Å². The van der Waals surface area contributed by atoms with Gasteiger partial charge < -0.3 is 24.2 Å². The summed E-state index contributed by atoms with van der Waals surface area (Å²) in [5.41, 5.74) is 0.791. The molecular weight excluding hydrogens is 678 g/mol. The first-order valence-corrected chi connectivity index (χ1v) is 18.3. The molecule has 0 bridgehead atoms. The van der Waals surface area contributed by atoms with Crippen LogP contribution < -0.4 is 0 Å². The molecule has 3 unspecified atom stereocenters. The van der Waals surface area contributed by atoms with Crippen molar-refractivity contribution in [3.8, 4) is 17.7 Å². The summed E-state index contributed by atoms with van der Waals surface area (Å²) in [6.45, 7) is 25.4. The molecule has 0 aliphatic carbocycles. The van der Waals surface area contributed by atoms with Crippen molar-refractivity contribution in [2.45, 2.75) is 122 Å². The normalized spacial score (nSPS) is 12.9. The minimum atomic E-state index is -1.19. The summed E-state index contributed by atoms with van der Waals surface area (Å²) in [7, 11) is 0. The Morgan fingerprint density at radius 3 is 2.13 bits per heavy atom. The number of hydrogen-bond acceptors (Lipinski definition) is 11. The molecule has 13 heteroatoms. The van der Waals surface area contributed by atoms with Crippen molar-refractivity contribution < 1.29 is 38.5 Å². The molecular formula is C40H65N5O8. The van der Waals surface area contributed by atoms with E-state index in [0.29, 0.717) is 11.5 Å². The van der Waals surface area contributed by atoms with Gasteiger partial charge in [-0.25, -0.2) is 14.7 Å². The Morgan fingerprint density at radius 2 is 1.64 bits per heavy atom.